The van der Waals surface area contributed by atoms with E-state index >= 15 is 0 Å². The molecule has 0 aliphatic carbocycles. The quantitative estimate of drug-likeness (QED) is 0.403. The van der Waals surface area contributed by atoms with Crippen LogP contribution >= 0.6 is 0 Å². The standard InChI is InChI=1S/4FH.S/h4*1H;/q;;;;+2. The van der Waals surface area contributed by atoms with E-state index < -0.39 is 0 Å². The maximum Gasteiger partial charge on any atom is 2.00 e. The lowest BCUT2D eigenvalue weighted by molar-refractivity contribution is 1.11. The molecule has 0 amide bonds. The highest BCUT2D eigenvalue weighted by molar-refractivity contribution is 7.37. The first kappa shape index (κ1) is 17100. The second-order valence-corrected chi connectivity index (χ2v) is 0. The van der Waals surface area contributed by atoms with Gasteiger partial charge >= 0.3 is 13.5 Å². The van der Waals surface area contributed by atoms with Crippen molar-refractivity contribution in [2.24, 2.45) is 0 Å². The lowest BCUT2D eigenvalue weighted by Gasteiger charge is -0.270. The van der Waals surface area contributed by atoms with E-state index in [1.165, 1.54) is 0 Å². The van der Waals surface area contributed by atoms with Gasteiger partial charge in [-0.05, 0) is 0 Å². The fourth-order valence-corrected chi connectivity index (χ4v) is 0. The van der Waals surface area contributed by atoms with Crippen molar-refractivity contribution in [2.75, 3.05) is 0 Å². The number of rotatable bonds is 0. The summed E-state index contributed by atoms with van der Waals surface area (Å²) >= 11 is 0. The topological polar surface area (TPSA) is 0 Å². The van der Waals surface area contributed by atoms with Gasteiger partial charge in [-0.25, -0.2) is 0 Å². The minimum absolute atomic E-state index is 0. The lowest BCUT2D eigenvalue weighted by atomic mass is 19.0. The molecule has 0 aromatic heterocycles. The zero-order chi connectivity index (χ0) is 0. The molecule has 5 heavy (non-hydrogen) atoms. The fraction of sp³-hybridized carbons (Fsp3) is 0. The van der Waals surface area contributed by atoms with Gasteiger partial charge in [-0.1, -0.05) is 0 Å². The van der Waals surface area contributed by atoms with Gasteiger partial charge < -0.3 is 0 Å². The van der Waals surface area contributed by atoms with E-state index in [2.05, 4.69) is 0 Å². The molecule has 0 aromatic carbocycles. The summed E-state index contributed by atoms with van der Waals surface area (Å²) in [7, 11) is 0. The number of hydrogen-bond donors (Lipinski definition) is 0. The van der Waals surface area contributed by atoms with E-state index in [1.54, 1.807) is 0 Å². The maximum atomic E-state index is 0. The van der Waals surface area contributed by atoms with Crippen LogP contribution in [0.25, 0.3) is 0 Å². The Morgan fingerprint density at radius 2 is 0.400 bits per heavy atom. The van der Waals surface area contributed by atoms with E-state index in [-0.39, 0.29) is 32.3 Å². The van der Waals surface area contributed by atoms with Crippen LogP contribution in [0.2, 0.25) is 0 Å². The van der Waals surface area contributed by atoms with Gasteiger partial charge in [-0.2, -0.15) is 0 Å². The average molecular weight is 112 g/mol. The van der Waals surface area contributed by atoms with Crippen LogP contribution in [0.5, 0.6) is 0 Å². The molecule has 0 unspecified atom stereocenters. The molecule has 0 saturated heterocycles. The van der Waals surface area contributed by atoms with Crippen LogP contribution in [0.15, 0.2) is 0 Å². The third-order valence-corrected chi connectivity index (χ3v) is 0. The van der Waals surface area contributed by atoms with Crippen molar-refractivity contribution in [1.29, 1.82) is 0 Å². The van der Waals surface area contributed by atoms with E-state index in [0.717, 1.165) is 0 Å². The third-order valence-electron chi connectivity index (χ3n) is 0. The number of hydrogen-bond acceptors (Lipinski definition) is 0. The first-order chi connectivity index (χ1) is 0. The summed E-state index contributed by atoms with van der Waals surface area (Å²) in [6.07, 6.45) is 0. The van der Waals surface area contributed by atoms with E-state index in [1.807, 2.05) is 0 Å². The van der Waals surface area contributed by atoms with Crippen molar-refractivity contribution in [3.63, 3.8) is 0 Å². The Morgan fingerprint density at radius 3 is 0.400 bits per heavy atom. The molecule has 0 heterocycles. The Bertz CT molecular complexity index is 3.61. The molecule has 4 radical (unpaired) electrons. The highest BCUT2D eigenvalue weighted by atomic mass is 32.1. The van der Waals surface area contributed by atoms with Crippen molar-refractivity contribution in [1.82, 2.24) is 0 Å². The van der Waals surface area contributed by atoms with Crippen molar-refractivity contribution in [3.05, 3.63) is 0 Å². The minimum Gasteiger partial charge on any atom is -0.269 e. The Labute approximate surface area is 33.5 Å². The highest BCUT2D eigenvalue weighted by Crippen LogP contribution is 0.423. The van der Waals surface area contributed by atoms with Crippen molar-refractivity contribution >= 4 is 13.5 Å². The lowest BCUT2D eigenvalue weighted by Crippen LogP contribution is -0.00241. The predicted molar refractivity (Wildman–Crippen MR) is 17.4 cm³/mol. The third kappa shape index (κ3) is 3560. The summed E-state index contributed by atoms with van der Waals surface area (Å²) in [6.45, 7) is 0. The minimum atomic E-state index is 0. The molecule has 5 heteroatoms. The molecule has 0 saturated carbocycles. The van der Waals surface area contributed by atoms with Gasteiger partial charge in [0.05, 0.1) is 0 Å². The molecule has 0 atom stereocenters. The van der Waals surface area contributed by atoms with Gasteiger partial charge in [0.15, 0.2) is 0 Å². The summed E-state index contributed by atoms with van der Waals surface area (Å²) < 4.78 is 0. The summed E-state index contributed by atoms with van der Waals surface area (Å²) in [5.74, 6) is 0. The molecule has 0 aromatic rings. The van der Waals surface area contributed by atoms with Gasteiger partial charge in [0.2, 0.25) is 0 Å². The molecule has 0 spiro atoms. The molecule has 0 bridgehead atoms. The monoisotopic (exact) mass is 112 g/mol. The largest absolute Gasteiger partial charge is 2.00 e. The van der Waals surface area contributed by atoms with Crippen LogP contribution < -0.4 is 0 Å². The smallest absolute Gasteiger partial charge is 0.269 e. The first-order valence-electron chi connectivity index (χ1n) is 0. The second-order valence-electron chi connectivity index (χ2n) is 0. The SMILES string of the molecule is F.F.F.F.[S+2]. The van der Waals surface area contributed by atoms with Gasteiger partial charge in [0.1, 0.15) is 0 Å². The zero-order valence-electron chi connectivity index (χ0n) is 2.04. The van der Waals surface area contributed by atoms with Gasteiger partial charge in [-0.3, -0.25) is 18.8 Å². The molecule has 0 fully saturated rings. The zero-order valence-corrected chi connectivity index (χ0v) is 2.86. The molecule has 36 valence electrons. The fourth-order valence-electron chi connectivity index (χ4n) is 0. The molecule has 0 N–H and O–H groups in total. The number of halogens is 4. The molecule has 0 aliphatic rings. The molecule has 0 aliphatic heterocycles. The van der Waals surface area contributed by atoms with Crippen molar-refractivity contribution < 1.29 is 18.8 Å². The van der Waals surface area contributed by atoms with E-state index in [9.17, 15) is 0 Å². The van der Waals surface area contributed by atoms with Crippen LogP contribution in [0.1, 0.15) is 0 Å². The summed E-state index contributed by atoms with van der Waals surface area (Å²) in [5, 5.41) is 0. The maximum absolute atomic E-state index is 0. The normalized spacial score (nSPS) is 0. The van der Waals surface area contributed by atoms with Crippen LogP contribution in [-0.2, 0) is 13.5 Å². The Balaban J connectivity index is 0. The molecular weight excluding hydrogens is 108 g/mol. The summed E-state index contributed by atoms with van der Waals surface area (Å²) in [4.78, 5) is 0. The Hall–Kier alpha value is 0.0700. The van der Waals surface area contributed by atoms with Gasteiger partial charge in [0.25, 0.3) is 0 Å². The van der Waals surface area contributed by atoms with Gasteiger partial charge in [-0.15, -0.1) is 0 Å². The average Bonchev–Trinajstić information content (AvgIpc) is 0. The van der Waals surface area contributed by atoms with Crippen LogP contribution in [-0.4, -0.2) is 0 Å². The second kappa shape index (κ2) is 7830. The highest BCUT2D eigenvalue weighted by Gasteiger charge is 2.00. The van der Waals surface area contributed by atoms with Crippen LogP contribution in [0.4, 0.5) is 18.8 Å². The van der Waals surface area contributed by atoms with Crippen molar-refractivity contribution in [3.8, 4) is 0 Å². The molecule has 0 rings (SSSR count). The van der Waals surface area contributed by atoms with E-state index in [0.29, 0.717) is 0 Å². The predicted octanol–water partition coefficient (Wildman–Crippen LogP) is 0.608. The van der Waals surface area contributed by atoms with Crippen molar-refractivity contribution in [2.45, 2.75) is 0 Å². The van der Waals surface area contributed by atoms with Crippen LogP contribution in [0, 0.1) is 0 Å². The molecule has 0 nitrogen and oxygen atoms in total. The molecular formula is H4F4S+2. The summed E-state index contributed by atoms with van der Waals surface area (Å²) in [6, 6.07) is 0. The summed E-state index contributed by atoms with van der Waals surface area (Å²) in [5.41, 5.74) is 0. The van der Waals surface area contributed by atoms with Crippen LogP contribution in [0.3, 0.4) is 0 Å². The Kier molecular flexibility index (Phi) is 26800000. The Morgan fingerprint density at radius 1 is 0.400 bits per heavy atom. The van der Waals surface area contributed by atoms with Gasteiger partial charge in [0, 0.05) is 0 Å². The van der Waals surface area contributed by atoms with E-state index in [4.69, 9.17) is 0 Å². The first-order valence-corrected chi connectivity index (χ1v) is 0.